The Balaban J connectivity index is 1.70. The van der Waals surface area contributed by atoms with Gasteiger partial charge >= 0.3 is 0 Å². The van der Waals surface area contributed by atoms with Crippen molar-refractivity contribution >= 4 is 23.1 Å². The van der Waals surface area contributed by atoms with Crippen LogP contribution in [0.25, 0.3) is 0 Å². The van der Waals surface area contributed by atoms with E-state index in [0.717, 1.165) is 11.4 Å². The molecule has 0 spiro atoms. The maximum absolute atomic E-state index is 13.2. The van der Waals surface area contributed by atoms with Crippen LogP contribution in [0.4, 0.5) is 21.6 Å². The molecule has 0 saturated heterocycles. The van der Waals surface area contributed by atoms with Gasteiger partial charge in [-0.15, -0.1) is 0 Å². The van der Waals surface area contributed by atoms with Gasteiger partial charge in [0.2, 0.25) is 0 Å². The number of carbonyl (C=O) groups excluding carboxylic acids is 1. The van der Waals surface area contributed by atoms with Gasteiger partial charge in [0, 0.05) is 11.3 Å². The van der Waals surface area contributed by atoms with Gasteiger partial charge in [-0.1, -0.05) is 18.2 Å². The number of nitrogens with zero attached hydrogens (tertiary/aromatic N) is 1. The van der Waals surface area contributed by atoms with Crippen molar-refractivity contribution in [1.29, 1.82) is 0 Å². The smallest absolute Gasteiger partial charge is 0.256 e. The number of hydrogen-bond donors (Lipinski definition) is 2. The molecule has 1 aromatic heterocycles. The van der Waals surface area contributed by atoms with E-state index >= 15 is 0 Å². The van der Waals surface area contributed by atoms with Crippen LogP contribution < -0.4 is 10.6 Å². The van der Waals surface area contributed by atoms with Gasteiger partial charge in [0.15, 0.2) is 0 Å². The molecule has 2 N–H and O–H groups in total. The highest BCUT2D eigenvalue weighted by Crippen LogP contribution is 2.23. The average Bonchev–Trinajstić information content (AvgIpc) is 2.60. The fourth-order valence-corrected chi connectivity index (χ4v) is 2.40. The number of halogens is 1. The third kappa shape index (κ3) is 4.01. The van der Waals surface area contributed by atoms with Crippen LogP contribution in [0.3, 0.4) is 0 Å². The molecule has 0 aliphatic heterocycles. The molecular formula is C20H18FN3O. The monoisotopic (exact) mass is 335 g/mol. The second kappa shape index (κ2) is 7.13. The number of carbonyl (C=O) groups is 1. The Hall–Kier alpha value is -3.21. The van der Waals surface area contributed by atoms with Crippen LogP contribution >= 0.6 is 0 Å². The fourth-order valence-electron chi connectivity index (χ4n) is 2.40. The lowest BCUT2D eigenvalue weighted by Gasteiger charge is -2.12. The minimum Gasteiger partial charge on any atom is -0.354 e. The van der Waals surface area contributed by atoms with E-state index in [2.05, 4.69) is 35.5 Å². The molecule has 0 atom stereocenters. The molecule has 2 aromatic carbocycles. The van der Waals surface area contributed by atoms with Crippen LogP contribution in [0, 0.1) is 19.7 Å². The van der Waals surface area contributed by atoms with Crippen LogP contribution in [0.5, 0.6) is 0 Å². The first kappa shape index (κ1) is 16.6. The van der Waals surface area contributed by atoms with Crippen molar-refractivity contribution in [3.63, 3.8) is 0 Å². The highest BCUT2D eigenvalue weighted by molar-refractivity contribution is 6.03. The Labute approximate surface area is 145 Å². The minimum atomic E-state index is -0.450. The molecule has 0 unspecified atom stereocenters. The topological polar surface area (TPSA) is 54.0 Å². The van der Waals surface area contributed by atoms with Crippen molar-refractivity contribution < 1.29 is 9.18 Å². The van der Waals surface area contributed by atoms with E-state index in [9.17, 15) is 9.18 Å². The van der Waals surface area contributed by atoms with Gasteiger partial charge in [-0.25, -0.2) is 9.37 Å². The molecule has 1 amide bonds. The van der Waals surface area contributed by atoms with Crippen molar-refractivity contribution in [3.05, 3.63) is 83.3 Å². The number of hydrogen-bond acceptors (Lipinski definition) is 3. The second-order valence-corrected chi connectivity index (χ2v) is 5.77. The average molecular weight is 335 g/mol. The molecule has 25 heavy (non-hydrogen) atoms. The molecule has 0 fully saturated rings. The molecular weight excluding hydrogens is 317 g/mol. The summed E-state index contributed by atoms with van der Waals surface area (Å²) in [5.41, 5.74) is 4.46. The molecule has 0 saturated carbocycles. The first-order valence-electron chi connectivity index (χ1n) is 7.89. The Morgan fingerprint density at radius 2 is 1.84 bits per heavy atom. The fraction of sp³-hybridized carbons (Fsp3) is 0.100. The Kier molecular flexibility index (Phi) is 4.75. The predicted molar refractivity (Wildman–Crippen MR) is 97.8 cm³/mol. The number of anilines is 3. The SMILES string of the molecule is Cc1cccc(Nc2ccc(NC(=O)c3cccc(F)c3)nc2)c1C. The van der Waals surface area contributed by atoms with Crippen LogP contribution in [0.2, 0.25) is 0 Å². The molecule has 126 valence electrons. The lowest BCUT2D eigenvalue weighted by molar-refractivity contribution is 0.102. The first-order chi connectivity index (χ1) is 12.0. The van der Waals surface area contributed by atoms with E-state index in [-0.39, 0.29) is 5.56 Å². The van der Waals surface area contributed by atoms with Gasteiger partial charge in [0.05, 0.1) is 11.9 Å². The van der Waals surface area contributed by atoms with E-state index in [1.807, 2.05) is 18.2 Å². The summed E-state index contributed by atoms with van der Waals surface area (Å²) in [6, 6.07) is 15.1. The van der Waals surface area contributed by atoms with E-state index in [1.165, 1.54) is 29.3 Å². The molecule has 0 aliphatic carbocycles. The van der Waals surface area contributed by atoms with Gasteiger partial charge in [-0.05, 0) is 61.4 Å². The maximum atomic E-state index is 13.2. The zero-order valence-corrected chi connectivity index (χ0v) is 14.0. The number of aryl methyl sites for hydroxylation is 1. The summed E-state index contributed by atoms with van der Waals surface area (Å²) in [6.07, 6.45) is 1.64. The minimum absolute atomic E-state index is 0.249. The standard InChI is InChI=1S/C20H18FN3O/c1-13-5-3-8-18(14(13)2)23-17-9-10-19(22-12-17)24-20(25)15-6-4-7-16(21)11-15/h3-12,23H,1-2H3,(H,22,24,25). The molecule has 5 heteroatoms. The lowest BCUT2D eigenvalue weighted by atomic mass is 10.1. The van der Waals surface area contributed by atoms with E-state index in [4.69, 9.17) is 0 Å². The van der Waals surface area contributed by atoms with Gasteiger partial charge in [0.1, 0.15) is 11.6 Å². The number of benzene rings is 2. The number of amides is 1. The number of pyridine rings is 1. The van der Waals surface area contributed by atoms with Crippen LogP contribution in [0.15, 0.2) is 60.8 Å². The molecule has 0 aliphatic rings. The van der Waals surface area contributed by atoms with Gasteiger partial charge < -0.3 is 10.6 Å². The molecule has 0 bridgehead atoms. The number of nitrogens with one attached hydrogen (secondary N) is 2. The third-order valence-electron chi connectivity index (χ3n) is 3.98. The highest BCUT2D eigenvalue weighted by Gasteiger charge is 2.08. The number of rotatable bonds is 4. The summed E-state index contributed by atoms with van der Waals surface area (Å²) >= 11 is 0. The van der Waals surface area contributed by atoms with Gasteiger partial charge in [-0.3, -0.25) is 4.79 Å². The second-order valence-electron chi connectivity index (χ2n) is 5.77. The van der Waals surface area contributed by atoms with E-state index in [1.54, 1.807) is 18.3 Å². The summed E-state index contributed by atoms with van der Waals surface area (Å²) in [4.78, 5) is 16.3. The summed E-state index contributed by atoms with van der Waals surface area (Å²) in [5.74, 6) is -0.448. The first-order valence-corrected chi connectivity index (χ1v) is 7.89. The molecule has 1 heterocycles. The third-order valence-corrected chi connectivity index (χ3v) is 3.98. The lowest BCUT2D eigenvalue weighted by Crippen LogP contribution is -2.13. The normalized spacial score (nSPS) is 10.4. The molecule has 0 radical (unpaired) electrons. The van der Waals surface area contributed by atoms with E-state index < -0.39 is 11.7 Å². The van der Waals surface area contributed by atoms with Crippen LogP contribution in [-0.2, 0) is 0 Å². The Morgan fingerprint density at radius 1 is 1.04 bits per heavy atom. The quantitative estimate of drug-likeness (QED) is 0.718. The maximum Gasteiger partial charge on any atom is 0.256 e. The predicted octanol–water partition coefficient (Wildman–Crippen LogP) is 4.83. The summed E-state index contributed by atoms with van der Waals surface area (Å²) in [5, 5.41) is 5.96. The molecule has 3 rings (SSSR count). The Morgan fingerprint density at radius 3 is 2.56 bits per heavy atom. The molecule has 4 nitrogen and oxygen atoms in total. The van der Waals surface area contributed by atoms with Crippen LogP contribution in [0.1, 0.15) is 21.5 Å². The van der Waals surface area contributed by atoms with Crippen LogP contribution in [-0.4, -0.2) is 10.9 Å². The van der Waals surface area contributed by atoms with Crippen molar-refractivity contribution in [2.75, 3.05) is 10.6 Å². The molecule has 3 aromatic rings. The number of aromatic nitrogens is 1. The van der Waals surface area contributed by atoms with Crippen molar-refractivity contribution in [2.24, 2.45) is 0 Å². The van der Waals surface area contributed by atoms with Gasteiger partial charge in [-0.2, -0.15) is 0 Å². The zero-order valence-electron chi connectivity index (χ0n) is 14.0. The van der Waals surface area contributed by atoms with E-state index in [0.29, 0.717) is 5.82 Å². The van der Waals surface area contributed by atoms with Crippen molar-refractivity contribution in [3.8, 4) is 0 Å². The Bertz CT molecular complexity index is 907. The summed E-state index contributed by atoms with van der Waals surface area (Å²) < 4.78 is 13.2. The largest absolute Gasteiger partial charge is 0.354 e. The van der Waals surface area contributed by atoms with Gasteiger partial charge in [0.25, 0.3) is 5.91 Å². The highest BCUT2D eigenvalue weighted by atomic mass is 19.1. The zero-order chi connectivity index (χ0) is 17.8. The summed E-state index contributed by atoms with van der Waals surface area (Å²) in [6.45, 7) is 4.11. The van der Waals surface area contributed by atoms with Crippen molar-refractivity contribution in [2.45, 2.75) is 13.8 Å². The van der Waals surface area contributed by atoms with Crippen molar-refractivity contribution in [1.82, 2.24) is 4.98 Å². The summed E-state index contributed by atoms with van der Waals surface area (Å²) in [7, 11) is 0.